The van der Waals surface area contributed by atoms with E-state index in [-0.39, 0.29) is 12.1 Å². The summed E-state index contributed by atoms with van der Waals surface area (Å²) in [5.74, 6) is 2.08. The Kier molecular flexibility index (Phi) is 8.94. The molecular weight excluding hydrogens is 196 g/mol. The summed E-state index contributed by atoms with van der Waals surface area (Å²) in [6, 6.07) is 0.212. The fourth-order valence-electron chi connectivity index (χ4n) is 0.990. The van der Waals surface area contributed by atoms with E-state index in [9.17, 15) is 4.79 Å². The quantitative estimate of drug-likeness (QED) is 0.643. The minimum absolute atomic E-state index is 0.0392. The van der Waals surface area contributed by atoms with Crippen LogP contribution in [0.1, 0.15) is 33.6 Å². The Morgan fingerprint density at radius 3 is 2.71 bits per heavy atom. The zero-order valence-corrected chi connectivity index (χ0v) is 10.2. The molecule has 0 bridgehead atoms. The fourth-order valence-corrected chi connectivity index (χ4v) is 1.66. The van der Waals surface area contributed by atoms with Crippen LogP contribution in [0, 0.1) is 0 Å². The van der Waals surface area contributed by atoms with E-state index in [1.165, 1.54) is 0 Å². The van der Waals surface area contributed by atoms with E-state index in [4.69, 9.17) is 0 Å². The molecule has 0 aromatic carbocycles. The highest BCUT2D eigenvalue weighted by Gasteiger charge is 2.05. The van der Waals surface area contributed by atoms with Gasteiger partial charge in [0.25, 0.3) is 0 Å². The van der Waals surface area contributed by atoms with Crippen LogP contribution in [0.2, 0.25) is 0 Å². The molecule has 0 aromatic heterocycles. The number of amides is 2. The van der Waals surface area contributed by atoms with Crippen molar-refractivity contribution in [3.05, 3.63) is 0 Å². The maximum absolute atomic E-state index is 11.3. The van der Waals surface area contributed by atoms with Gasteiger partial charge >= 0.3 is 6.03 Å². The molecule has 0 aliphatic heterocycles. The van der Waals surface area contributed by atoms with Gasteiger partial charge < -0.3 is 10.6 Å². The normalized spacial score (nSPS) is 12.2. The summed E-state index contributed by atoms with van der Waals surface area (Å²) in [5.41, 5.74) is 0. The number of hydrogen-bond donors (Lipinski definition) is 2. The molecule has 0 fully saturated rings. The zero-order chi connectivity index (χ0) is 10.8. The van der Waals surface area contributed by atoms with Gasteiger partial charge in [0.1, 0.15) is 0 Å². The van der Waals surface area contributed by atoms with E-state index in [2.05, 4.69) is 24.5 Å². The molecule has 0 saturated heterocycles. The first-order valence-corrected chi connectivity index (χ1v) is 6.48. The molecule has 0 aliphatic rings. The molecule has 1 unspecified atom stereocenters. The summed E-state index contributed by atoms with van der Waals surface area (Å²) in [5, 5.41) is 5.73. The number of hydrogen-bond acceptors (Lipinski definition) is 2. The van der Waals surface area contributed by atoms with Crippen LogP contribution in [0.5, 0.6) is 0 Å². The molecule has 0 radical (unpaired) electrons. The van der Waals surface area contributed by atoms with E-state index in [0.29, 0.717) is 0 Å². The van der Waals surface area contributed by atoms with E-state index in [0.717, 1.165) is 30.9 Å². The first-order valence-electron chi connectivity index (χ1n) is 5.32. The molecule has 2 N–H and O–H groups in total. The maximum atomic E-state index is 11.3. The van der Waals surface area contributed by atoms with Crippen molar-refractivity contribution >= 4 is 17.8 Å². The lowest BCUT2D eigenvalue weighted by Gasteiger charge is -2.13. The molecule has 3 nitrogen and oxygen atoms in total. The minimum Gasteiger partial charge on any atom is -0.338 e. The van der Waals surface area contributed by atoms with Crippen molar-refractivity contribution in [1.29, 1.82) is 0 Å². The Labute approximate surface area is 91.4 Å². The number of rotatable bonds is 7. The topological polar surface area (TPSA) is 41.1 Å². The molecule has 0 heterocycles. The van der Waals surface area contributed by atoms with Gasteiger partial charge in [-0.2, -0.15) is 11.8 Å². The molecular formula is C10H22N2OS. The molecule has 2 amide bonds. The van der Waals surface area contributed by atoms with Gasteiger partial charge in [-0.1, -0.05) is 20.3 Å². The minimum atomic E-state index is -0.0392. The van der Waals surface area contributed by atoms with Gasteiger partial charge in [0.15, 0.2) is 0 Å². The second kappa shape index (κ2) is 9.19. The number of unbranched alkanes of at least 4 members (excludes halogenated alkanes) is 1. The molecule has 84 valence electrons. The summed E-state index contributed by atoms with van der Waals surface area (Å²) in [6.07, 6.45) is 2.16. The van der Waals surface area contributed by atoms with Crippen molar-refractivity contribution < 1.29 is 4.79 Å². The van der Waals surface area contributed by atoms with Crippen LogP contribution in [0.25, 0.3) is 0 Å². The average molecular weight is 218 g/mol. The van der Waals surface area contributed by atoms with Crippen LogP contribution in [0.4, 0.5) is 4.79 Å². The van der Waals surface area contributed by atoms with Crippen LogP contribution in [-0.4, -0.2) is 30.1 Å². The molecule has 0 aromatic rings. The monoisotopic (exact) mass is 218 g/mol. The Bertz CT molecular complexity index is 153. The highest BCUT2D eigenvalue weighted by molar-refractivity contribution is 7.99. The van der Waals surface area contributed by atoms with E-state index < -0.39 is 0 Å². The van der Waals surface area contributed by atoms with Crippen molar-refractivity contribution in [2.24, 2.45) is 0 Å². The van der Waals surface area contributed by atoms with Crippen molar-refractivity contribution in [2.45, 2.75) is 39.7 Å². The van der Waals surface area contributed by atoms with Gasteiger partial charge in [0.2, 0.25) is 0 Å². The lowest BCUT2D eigenvalue weighted by molar-refractivity contribution is 0.238. The second-order valence-corrected chi connectivity index (χ2v) is 4.63. The van der Waals surface area contributed by atoms with Crippen LogP contribution in [0.15, 0.2) is 0 Å². The van der Waals surface area contributed by atoms with Gasteiger partial charge in [0, 0.05) is 18.3 Å². The third-order valence-electron chi connectivity index (χ3n) is 1.77. The Morgan fingerprint density at radius 2 is 2.14 bits per heavy atom. The van der Waals surface area contributed by atoms with Gasteiger partial charge in [-0.05, 0) is 19.1 Å². The van der Waals surface area contributed by atoms with E-state index in [1.54, 1.807) is 0 Å². The summed E-state index contributed by atoms with van der Waals surface area (Å²) >= 11 is 1.84. The third kappa shape index (κ3) is 8.23. The average Bonchev–Trinajstić information content (AvgIpc) is 2.15. The Balaban J connectivity index is 3.40. The summed E-state index contributed by atoms with van der Waals surface area (Å²) in [7, 11) is 0. The number of thioether (sulfide) groups is 1. The largest absolute Gasteiger partial charge is 0.338 e. The first-order chi connectivity index (χ1) is 6.70. The number of carbonyl (C=O) groups excluding carboxylic acids is 1. The predicted octanol–water partition coefficient (Wildman–Crippen LogP) is 2.23. The lowest BCUT2D eigenvalue weighted by atomic mass is 10.3. The smallest absolute Gasteiger partial charge is 0.315 e. The van der Waals surface area contributed by atoms with Gasteiger partial charge in [-0.25, -0.2) is 4.79 Å². The van der Waals surface area contributed by atoms with Crippen LogP contribution >= 0.6 is 11.8 Å². The van der Waals surface area contributed by atoms with E-state index in [1.807, 2.05) is 18.7 Å². The van der Waals surface area contributed by atoms with Crippen LogP contribution < -0.4 is 10.6 Å². The molecule has 1 atom stereocenters. The highest BCUT2D eigenvalue weighted by Crippen LogP contribution is 2.00. The first kappa shape index (κ1) is 13.6. The van der Waals surface area contributed by atoms with Crippen molar-refractivity contribution in [3.63, 3.8) is 0 Å². The lowest BCUT2D eigenvalue weighted by Crippen LogP contribution is -2.42. The highest BCUT2D eigenvalue weighted by atomic mass is 32.2. The standard InChI is InChI=1S/C10H22N2OS/c1-4-6-7-11-10(13)12-9(3)8-14-5-2/h9H,4-8H2,1-3H3,(H2,11,12,13). The predicted molar refractivity (Wildman–Crippen MR) is 63.9 cm³/mol. The zero-order valence-electron chi connectivity index (χ0n) is 9.43. The van der Waals surface area contributed by atoms with Crippen molar-refractivity contribution in [2.75, 3.05) is 18.1 Å². The van der Waals surface area contributed by atoms with Gasteiger partial charge in [0.05, 0.1) is 0 Å². The van der Waals surface area contributed by atoms with Crippen LogP contribution in [0.3, 0.4) is 0 Å². The number of nitrogens with one attached hydrogen (secondary N) is 2. The molecule has 0 saturated carbocycles. The maximum Gasteiger partial charge on any atom is 0.315 e. The molecule has 0 aliphatic carbocycles. The Morgan fingerprint density at radius 1 is 1.43 bits per heavy atom. The van der Waals surface area contributed by atoms with Gasteiger partial charge in [-0.3, -0.25) is 0 Å². The molecule has 4 heteroatoms. The Hall–Kier alpha value is -0.380. The number of urea groups is 1. The van der Waals surface area contributed by atoms with Gasteiger partial charge in [-0.15, -0.1) is 0 Å². The van der Waals surface area contributed by atoms with Crippen molar-refractivity contribution in [1.82, 2.24) is 10.6 Å². The van der Waals surface area contributed by atoms with E-state index >= 15 is 0 Å². The summed E-state index contributed by atoms with van der Waals surface area (Å²) in [4.78, 5) is 11.3. The number of carbonyl (C=O) groups is 1. The molecule has 0 rings (SSSR count). The molecule has 14 heavy (non-hydrogen) atoms. The fraction of sp³-hybridized carbons (Fsp3) is 0.900. The summed E-state index contributed by atoms with van der Waals surface area (Å²) in [6.45, 7) is 7.04. The third-order valence-corrected chi connectivity index (χ3v) is 2.91. The SMILES string of the molecule is CCCCNC(=O)NC(C)CSCC. The molecule has 0 spiro atoms. The second-order valence-electron chi connectivity index (χ2n) is 3.31. The van der Waals surface area contributed by atoms with Crippen molar-refractivity contribution in [3.8, 4) is 0 Å². The summed E-state index contributed by atoms with van der Waals surface area (Å²) < 4.78 is 0. The van der Waals surface area contributed by atoms with Crippen LogP contribution in [-0.2, 0) is 0 Å².